The van der Waals surface area contributed by atoms with Crippen molar-refractivity contribution in [3.05, 3.63) is 71.5 Å². The molecular weight excluding hydrogens is 353 g/mol. The lowest BCUT2D eigenvalue weighted by Gasteiger charge is -2.38. The van der Waals surface area contributed by atoms with Crippen molar-refractivity contribution in [2.24, 2.45) is 4.99 Å². The Kier molecular flexibility index (Phi) is 7.04. The highest BCUT2D eigenvalue weighted by molar-refractivity contribution is 5.79. The summed E-state index contributed by atoms with van der Waals surface area (Å²) in [6, 6.07) is 17.3. The Morgan fingerprint density at radius 2 is 1.75 bits per heavy atom. The second kappa shape index (κ2) is 9.69. The normalized spacial score (nSPS) is 17.8. The summed E-state index contributed by atoms with van der Waals surface area (Å²) in [6.45, 7) is 5.18. The van der Waals surface area contributed by atoms with E-state index in [4.69, 9.17) is 4.74 Å². The number of guanidine groups is 1. The molecule has 0 aliphatic carbocycles. The average Bonchev–Trinajstić information content (AvgIpc) is 2.75. The van der Waals surface area contributed by atoms with E-state index in [-0.39, 0.29) is 11.2 Å². The van der Waals surface area contributed by atoms with Gasteiger partial charge in [-0.3, -0.25) is 4.99 Å². The number of hydrogen-bond acceptors (Lipinski definition) is 2. The summed E-state index contributed by atoms with van der Waals surface area (Å²) >= 11 is 0. The Hall–Kier alpha value is -2.40. The van der Waals surface area contributed by atoms with E-state index in [1.807, 2.05) is 18.2 Å². The van der Waals surface area contributed by atoms with Gasteiger partial charge >= 0.3 is 0 Å². The van der Waals surface area contributed by atoms with Gasteiger partial charge in [0, 0.05) is 38.8 Å². The first-order valence-corrected chi connectivity index (χ1v) is 9.96. The van der Waals surface area contributed by atoms with Crippen LogP contribution in [-0.4, -0.2) is 39.3 Å². The summed E-state index contributed by atoms with van der Waals surface area (Å²) in [5, 5.41) is 6.92. The Morgan fingerprint density at radius 3 is 2.39 bits per heavy atom. The van der Waals surface area contributed by atoms with Gasteiger partial charge in [0.05, 0.1) is 0 Å². The number of rotatable bonds is 6. The molecule has 0 bridgehead atoms. The molecule has 1 heterocycles. The quantitative estimate of drug-likeness (QED) is 0.588. The van der Waals surface area contributed by atoms with Gasteiger partial charge in [-0.15, -0.1) is 0 Å². The predicted molar refractivity (Wildman–Crippen MR) is 112 cm³/mol. The molecule has 2 aromatic rings. The number of ether oxygens (including phenoxy) is 1. The van der Waals surface area contributed by atoms with Gasteiger partial charge in [-0.1, -0.05) is 49.4 Å². The second-order valence-electron chi connectivity index (χ2n) is 7.52. The van der Waals surface area contributed by atoms with Crippen LogP contribution < -0.4 is 10.6 Å². The maximum absolute atomic E-state index is 13.4. The molecule has 28 heavy (non-hydrogen) atoms. The van der Waals surface area contributed by atoms with Crippen LogP contribution in [-0.2, 0) is 10.2 Å². The Balaban J connectivity index is 1.62. The summed E-state index contributed by atoms with van der Waals surface area (Å²) < 4.78 is 19.0. The molecular formula is C23H30FN3O. The van der Waals surface area contributed by atoms with Gasteiger partial charge in [0.15, 0.2) is 5.96 Å². The highest BCUT2D eigenvalue weighted by atomic mass is 19.1. The van der Waals surface area contributed by atoms with Crippen molar-refractivity contribution in [2.45, 2.75) is 31.1 Å². The Bertz CT molecular complexity index is 755. The number of hydrogen-bond donors (Lipinski definition) is 2. The fourth-order valence-electron chi connectivity index (χ4n) is 3.76. The van der Waals surface area contributed by atoms with Crippen molar-refractivity contribution in [2.75, 3.05) is 33.4 Å². The summed E-state index contributed by atoms with van der Waals surface area (Å²) in [4.78, 5) is 4.38. The van der Waals surface area contributed by atoms with E-state index >= 15 is 0 Å². The summed E-state index contributed by atoms with van der Waals surface area (Å²) in [7, 11) is 1.79. The van der Waals surface area contributed by atoms with E-state index in [0.717, 1.165) is 50.7 Å². The van der Waals surface area contributed by atoms with Crippen molar-refractivity contribution in [1.82, 2.24) is 10.6 Å². The lowest BCUT2D eigenvalue weighted by Crippen LogP contribution is -2.48. The van der Waals surface area contributed by atoms with Crippen LogP contribution in [0.4, 0.5) is 4.39 Å². The molecule has 1 aliphatic rings. The smallest absolute Gasteiger partial charge is 0.191 e. The van der Waals surface area contributed by atoms with Crippen molar-refractivity contribution in [1.29, 1.82) is 0 Å². The monoisotopic (exact) mass is 383 g/mol. The fraction of sp³-hybridized carbons (Fsp3) is 0.435. The van der Waals surface area contributed by atoms with Gasteiger partial charge in [-0.05, 0) is 42.0 Å². The maximum atomic E-state index is 13.4. The Morgan fingerprint density at radius 1 is 1.07 bits per heavy atom. The molecule has 150 valence electrons. The largest absolute Gasteiger partial charge is 0.381 e. The molecule has 0 spiro atoms. The van der Waals surface area contributed by atoms with Gasteiger partial charge in [0.25, 0.3) is 0 Å². The van der Waals surface area contributed by atoms with Crippen LogP contribution in [0.15, 0.2) is 59.6 Å². The van der Waals surface area contributed by atoms with E-state index in [1.165, 1.54) is 5.56 Å². The third-order valence-electron chi connectivity index (χ3n) is 5.67. The van der Waals surface area contributed by atoms with Crippen LogP contribution in [0.25, 0.3) is 0 Å². The zero-order chi connectivity index (χ0) is 19.8. The van der Waals surface area contributed by atoms with Crippen molar-refractivity contribution in [3.8, 4) is 0 Å². The molecule has 0 aromatic heterocycles. The van der Waals surface area contributed by atoms with E-state index < -0.39 is 0 Å². The molecule has 4 nitrogen and oxygen atoms in total. The van der Waals surface area contributed by atoms with Gasteiger partial charge in [-0.2, -0.15) is 0 Å². The lowest BCUT2D eigenvalue weighted by atomic mass is 9.74. The maximum Gasteiger partial charge on any atom is 0.191 e. The van der Waals surface area contributed by atoms with Crippen LogP contribution in [0.5, 0.6) is 0 Å². The lowest BCUT2D eigenvalue weighted by molar-refractivity contribution is 0.0513. The third-order valence-corrected chi connectivity index (χ3v) is 5.67. The highest BCUT2D eigenvalue weighted by Gasteiger charge is 2.34. The fourth-order valence-corrected chi connectivity index (χ4v) is 3.76. The minimum atomic E-state index is -0.203. The second-order valence-corrected chi connectivity index (χ2v) is 7.52. The third kappa shape index (κ3) is 5.10. The van der Waals surface area contributed by atoms with Crippen LogP contribution in [0.2, 0.25) is 0 Å². The molecule has 0 saturated carbocycles. The Labute approximate surface area is 167 Å². The standard InChI is InChI=1S/C23H30FN3O/c1-18(19-6-4-3-5-7-19)16-26-22(25-2)27-17-23(12-14-28-15-13-23)20-8-10-21(24)11-9-20/h3-11,18H,12-17H2,1-2H3,(H2,25,26,27). The SMILES string of the molecule is CN=C(NCC(C)c1ccccc1)NCC1(c2ccc(F)cc2)CCOCC1. The van der Waals surface area contributed by atoms with Gasteiger partial charge in [-0.25, -0.2) is 4.39 Å². The number of halogens is 1. The summed E-state index contributed by atoms with van der Waals surface area (Å²) in [5.74, 6) is 0.968. The van der Waals surface area contributed by atoms with Crippen molar-refractivity contribution < 1.29 is 9.13 Å². The van der Waals surface area contributed by atoms with Gasteiger partial charge < -0.3 is 15.4 Å². The molecule has 1 unspecified atom stereocenters. The first-order valence-electron chi connectivity index (χ1n) is 9.96. The zero-order valence-electron chi connectivity index (χ0n) is 16.7. The molecule has 1 saturated heterocycles. The molecule has 2 N–H and O–H groups in total. The van der Waals surface area contributed by atoms with E-state index in [9.17, 15) is 4.39 Å². The highest BCUT2D eigenvalue weighted by Crippen LogP contribution is 2.34. The molecule has 0 amide bonds. The van der Waals surface area contributed by atoms with E-state index in [2.05, 4.69) is 46.8 Å². The van der Waals surface area contributed by atoms with Crippen LogP contribution in [0.1, 0.15) is 36.8 Å². The predicted octanol–water partition coefficient (Wildman–Crippen LogP) is 3.84. The molecule has 0 radical (unpaired) electrons. The number of nitrogens with one attached hydrogen (secondary N) is 2. The van der Waals surface area contributed by atoms with Gasteiger partial charge in [0.2, 0.25) is 0 Å². The van der Waals surface area contributed by atoms with Gasteiger partial charge in [0.1, 0.15) is 5.82 Å². The zero-order valence-corrected chi connectivity index (χ0v) is 16.7. The number of aliphatic imine (C=N–C) groups is 1. The molecule has 1 aliphatic heterocycles. The van der Waals surface area contributed by atoms with Crippen LogP contribution in [0.3, 0.4) is 0 Å². The van der Waals surface area contributed by atoms with Crippen LogP contribution >= 0.6 is 0 Å². The average molecular weight is 384 g/mol. The minimum absolute atomic E-state index is 0.0748. The van der Waals surface area contributed by atoms with E-state index in [0.29, 0.717) is 5.92 Å². The number of nitrogens with zero attached hydrogens (tertiary/aromatic N) is 1. The molecule has 2 aromatic carbocycles. The summed E-state index contributed by atoms with van der Waals surface area (Å²) in [6.07, 6.45) is 1.81. The molecule has 3 rings (SSSR count). The molecule has 1 atom stereocenters. The minimum Gasteiger partial charge on any atom is -0.381 e. The number of benzene rings is 2. The van der Waals surface area contributed by atoms with E-state index in [1.54, 1.807) is 19.2 Å². The topological polar surface area (TPSA) is 45.7 Å². The first kappa shape index (κ1) is 20.3. The van der Waals surface area contributed by atoms with Crippen molar-refractivity contribution in [3.63, 3.8) is 0 Å². The molecule has 5 heteroatoms. The first-order chi connectivity index (χ1) is 13.6. The van der Waals surface area contributed by atoms with Crippen LogP contribution in [0, 0.1) is 5.82 Å². The molecule has 1 fully saturated rings. The van der Waals surface area contributed by atoms with Crippen molar-refractivity contribution >= 4 is 5.96 Å². The summed E-state index contributed by atoms with van der Waals surface area (Å²) in [5.41, 5.74) is 2.38.